The summed E-state index contributed by atoms with van der Waals surface area (Å²) in [6, 6.07) is 0. The average molecular weight is 447 g/mol. The summed E-state index contributed by atoms with van der Waals surface area (Å²) in [5, 5.41) is 0.895. The number of aromatic nitrogens is 5. The highest BCUT2D eigenvalue weighted by Gasteiger charge is 2.14. The zero-order valence-corrected chi connectivity index (χ0v) is 15.9. The molecule has 0 saturated heterocycles. The van der Waals surface area contributed by atoms with Crippen molar-refractivity contribution >= 4 is 70.9 Å². The maximum Gasteiger partial charge on any atom is 0.162 e. The molecule has 0 N–H and O–H groups in total. The monoisotopic (exact) mass is 445 g/mol. The van der Waals surface area contributed by atoms with Crippen molar-refractivity contribution in [1.29, 1.82) is 0 Å². The number of hydrogen-bond donors (Lipinski definition) is 0. The molecule has 0 fully saturated rings. The summed E-state index contributed by atoms with van der Waals surface area (Å²) in [5.74, 6) is 0. The molecule has 108 valence electrons. The predicted octanol–water partition coefficient (Wildman–Crippen LogP) is 4.42. The molecule has 0 saturated carbocycles. The standard InChI is InChI=1S/C12H8BrN5S2.BrH/c1-5-3-18-4-7(15-8(18)6(2)14-5)9-16-10-11(19-9)17-12(13)20-10;/h3-4H,1-2H3;1H. The maximum atomic E-state index is 4.63. The highest BCUT2D eigenvalue weighted by Crippen LogP contribution is 2.34. The van der Waals surface area contributed by atoms with E-state index in [2.05, 4.69) is 35.9 Å². The molecule has 0 radical (unpaired) electrons. The Kier molecular flexibility index (Phi) is 3.85. The van der Waals surface area contributed by atoms with Crippen molar-refractivity contribution in [2.45, 2.75) is 13.8 Å². The van der Waals surface area contributed by atoms with Gasteiger partial charge in [0.1, 0.15) is 10.7 Å². The van der Waals surface area contributed by atoms with E-state index in [0.29, 0.717) is 0 Å². The van der Waals surface area contributed by atoms with E-state index in [0.717, 1.165) is 41.3 Å². The van der Waals surface area contributed by atoms with Gasteiger partial charge in [0.2, 0.25) is 0 Å². The molecule has 4 heterocycles. The summed E-state index contributed by atoms with van der Waals surface area (Å²) in [6.45, 7) is 3.95. The van der Waals surface area contributed by atoms with Crippen LogP contribution in [0.2, 0.25) is 0 Å². The summed E-state index contributed by atoms with van der Waals surface area (Å²) < 4.78 is 2.87. The summed E-state index contributed by atoms with van der Waals surface area (Å²) in [6.07, 6.45) is 3.97. The third kappa shape index (κ3) is 2.52. The number of imidazole rings is 1. The number of rotatable bonds is 1. The van der Waals surface area contributed by atoms with Gasteiger partial charge in [-0.1, -0.05) is 22.7 Å². The van der Waals surface area contributed by atoms with Crippen LogP contribution in [0, 0.1) is 13.8 Å². The van der Waals surface area contributed by atoms with Crippen LogP contribution in [0.25, 0.3) is 26.0 Å². The lowest BCUT2D eigenvalue weighted by atomic mass is 10.4. The quantitative estimate of drug-likeness (QED) is 0.434. The van der Waals surface area contributed by atoms with Gasteiger partial charge in [-0.25, -0.2) is 15.0 Å². The minimum atomic E-state index is 0. The van der Waals surface area contributed by atoms with E-state index in [9.17, 15) is 0 Å². The fourth-order valence-corrected chi connectivity index (χ4v) is 4.61. The first kappa shape index (κ1) is 15.0. The van der Waals surface area contributed by atoms with Crippen LogP contribution in [0.3, 0.4) is 0 Å². The number of hydrogen-bond acceptors (Lipinski definition) is 6. The Hall–Kier alpha value is -0.900. The molecule has 4 aromatic heterocycles. The predicted molar refractivity (Wildman–Crippen MR) is 94.8 cm³/mol. The van der Waals surface area contributed by atoms with Gasteiger partial charge in [0, 0.05) is 12.4 Å². The molecule has 0 atom stereocenters. The van der Waals surface area contributed by atoms with Gasteiger partial charge in [-0.05, 0) is 29.8 Å². The molecule has 0 amide bonds. The second-order valence-corrected chi connectivity index (χ2v) is 7.65. The van der Waals surface area contributed by atoms with Crippen molar-refractivity contribution < 1.29 is 0 Å². The number of halogens is 2. The van der Waals surface area contributed by atoms with Crippen LogP contribution in [-0.2, 0) is 0 Å². The van der Waals surface area contributed by atoms with E-state index >= 15 is 0 Å². The molecule has 0 aromatic carbocycles. The van der Waals surface area contributed by atoms with E-state index in [1.807, 2.05) is 30.6 Å². The first-order chi connectivity index (χ1) is 9.60. The van der Waals surface area contributed by atoms with Crippen molar-refractivity contribution in [3.8, 4) is 10.7 Å². The molecular weight excluding hydrogens is 438 g/mol. The zero-order valence-electron chi connectivity index (χ0n) is 11.0. The van der Waals surface area contributed by atoms with E-state index in [1.54, 1.807) is 11.3 Å². The largest absolute Gasteiger partial charge is 0.303 e. The number of nitrogens with zero attached hydrogens (tertiary/aromatic N) is 5. The van der Waals surface area contributed by atoms with Crippen LogP contribution < -0.4 is 0 Å². The first-order valence-corrected chi connectivity index (χ1v) is 8.29. The highest BCUT2D eigenvalue weighted by atomic mass is 79.9. The van der Waals surface area contributed by atoms with E-state index < -0.39 is 0 Å². The minimum Gasteiger partial charge on any atom is -0.303 e. The van der Waals surface area contributed by atoms with E-state index in [4.69, 9.17) is 0 Å². The van der Waals surface area contributed by atoms with Gasteiger partial charge in [0.05, 0.1) is 11.4 Å². The number of thiazole rings is 2. The smallest absolute Gasteiger partial charge is 0.162 e. The van der Waals surface area contributed by atoms with Gasteiger partial charge < -0.3 is 4.40 Å². The third-order valence-electron chi connectivity index (χ3n) is 2.89. The third-order valence-corrected chi connectivity index (χ3v) is 5.40. The van der Waals surface area contributed by atoms with E-state index in [1.165, 1.54) is 11.3 Å². The molecular formula is C12H9Br2N5S2. The molecule has 0 aliphatic heterocycles. The van der Waals surface area contributed by atoms with Crippen LogP contribution in [0.1, 0.15) is 11.4 Å². The molecule has 9 heteroatoms. The van der Waals surface area contributed by atoms with Gasteiger partial charge in [0.15, 0.2) is 19.2 Å². The molecule has 0 spiro atoms. The van der Waals surface area contributed by atoms with Gasteiger partial charge in [-0.15, -0.1) is 17.0 Å². The molecule has 5 nitrogen and oxygen atoms in total. The Morgan fingerprint density at radius 1 is 1.00 bits per heavy atom. The van der Waals surface area contributed by atoms with Gasteiger partial charge >= 0.3 is 0 Å². The van der Waals surface area contributed by atoms with Crippen LogP contribution in [-0.4, -0.2) is 24.3 Å². The lowest BCUT2D eigenvalue weighted by molar-refractivity contribution is 1.03. The van der Waals surface area contributed by atoms with Crippen molar-refractivity contribution in [2.75, 3.05) is 0 Å². The Balaban J connectivity index is 0.00000132. The lowest BCUT2D eigenvalue weighted by Crippen LogP contribution is -1.93. The van der Waals surface area contributed by atoms with Gasteiger partial charge in [0.25, 0.3) is 0 Å². The summed E-state index contributed by atoms with van der Waals surface area (Å²) >= 11 is 6.47. The summed E-state index contributed by atoms with van der Waals surface area (Å²) in [7, 11) is 0. The van der Waals surface area contributed by atoms with Crippen molar-refractivity contribution in [1.82, 2.24) is 24.3 Å². The van der Waals surface area contributed by atoms with E-state index in [-0.39, 0.29) is 17.0 Å². The topological polar surface area (TPSA) is 56.0 Å². The van der Waals surface area contributed by atoms with Crippen molar-refractivity contribution in [3.63, 3.8) is 0 Å². The Bertz CT molecular complexity index is 924. The number of fused-ring (bicyclic) bond motifs is 2. The lowest BCUT2D eigenvalue weighted by Gasteiger charge is -1.98. The minimum absolute atomic E-state index is 0. The van der Waals surface area contributed by atoms with Crippen LogP contribution in [0.15, 0.2) is 16.3 Å². The molecule has 0 bridgehead atoms. The average Bonchev–Trinajstić information content (AvgIpc) is 2.99. The van der Waals surface area contributed by atoms with Crippen LogP contribution >= 0.6 is 55.6 Å². The molecule has 4 rings (SSSR count). The first-order valence-electron chi connectivity index (χ1n) is 5.86. The van der Waals surface area contributed by atoms with Crippen LogP contribution in [0.4, 0.5) is 0 Å². The Morgan fingerprint density at radius 2 is 1.76 bits per heavy atom. The van der Waals surface area contributed by atoms with Crippen LogP contribution in [0.5, 0.6) is 0 Å². The second kappa shape index (κ2) is 5.38. The molecule has 0 unspecified atom stereocenters. The molecule has 4 aromatic rings. The van der Waals surface area contributed by atoms with Gasteiger partial charge in [-0.2, -0.15) is 0 Å². The Morgan fingerprint density at radius 3 is 2.52 bits per heavy atom. The molecule has 0 aliphatic carbocycles. The fourth-order valence-electron chi connectivity index (χ4n) is 2.13. The zero-order chi connectivity index (χ0) is 13.9. The molecule has 0 aliphatic rings. The highest BCUT2D eigenvalue weighted by molar-refractivity contribution is 9.11. The fraction of sp³-hybridized carbons (Fsp3) is 0.167. The Labute approximate surface area is 147 Å². The number of aryl methyl sites for hydroxylation is 2. The second-order valence-electron chi connectivity index (χ2n) is 4.42. The van der Waals surface area contributed by atoms with Crippen molar-refractivity contribution in [3.05, 3.63) is 27.7 Å². The molecule has 21 heavy (non-hydrogen) atoms. The summed E-state index contributed by atoms with van der Waals surface area (Å²) in [4.78, 5) is 19.9. The van der Waals surface area contributed by atoms with Gasteiger partial charge in [-0.3, -0.25) is 4.98 Å². The summed E-state index contributed by atoms with van der Waals surface area (Å²) in [5.41, 5.74) is 3.64. The SMILES string of the molecule is Br.Cc1cn2cc(-c3nc4sc(Br)nc4s3)nc2c(C)n1. The normalized spacial score (nSPS) is 11.2. The maximum absolute atomic E-state index is 4.63. The van der Waals surface area contributed by atoms with Crippen molar-refractivity contribution in [2.24, 2.45) is 0 Å².